The molecule has 5 nitrogen and oxygen atoms in total. The summed E-state index contributed by atoms with van der Waals surface area (Å²) >= 11 is 1.39. The molecule has 0 unspecified atom stereocenters. The number of rotatable bonds is 2. The Labute approximate surface area is 97.3 Å². The van der Waals surface area contributed by atoms with Crippen LogP contribution in [0.4, 0.5) is 0 Å². The number of amides is 1. The van der Waals surface area contributed by atoms with Gasteiger partial charge in [0, 0.05) is 13.2 Å². The molecule has 0 N–H and O–H groups in total. The van der Waals surface area contributed by atoms with E-state index < -0.39 is 0 Å². The van der Waals surface area contributed by atoms with Crippen LogP contribution in [0.15, 0.2) is 34.6 Å². The Hall–Kier alpha value is -1.69. The Morgan fingerprint density at radius 1 is 1.56 bits per heavy atom. The first-order chi connectivity index (χ1) is 7.77. The lowest BCUT2D eigenvalue weighted by atomic mass is 10.4. The van der Waals surface area contributed by atoms with Crippen molar-refractivity contribution >= 4 is 29.1 Å². The molecule has 0 spiro atoms. The van der Waals surface area contributed by atoms with E-state index >= 15 is 0 Å². The molecule has 1 aliphatic rings. The smallest absolute Gasteiger partial charge is 0.238 e. The standard InChI is InChI=1S/C10H10N4OS/c1-14-9(15)7-16-10(14)13-12-6-8-4-2-3-5-11-8/h2-6H,7H2,1H3/b12-6+,13-10+. The van der Waals surface area contributed by atoms with Crippen molar-refractivity contribution < 1.29 is 4.79 Å². The zero-order valence-corrected chi connectivity index (χ0v) is 9.52. The Balaban J connectivity index is 2.04. The third-order valence-electron chi connectivity index (χ3n) is 2.01. The molecule has 2 rings (SSSR count). The van der Waals surface area contributed by atoms with Gasteiger partial charge in [0.1, 0.15) is 0 Å². The molecule has 0 aliphatic carbocycles. The largest absolute Gasteiger partial charge is 0.292 e. The zero-order chi connectivity index (χ0) is 11.4. The van der Waals surface area contributed by atoms with Gasteiger partial charge < -0.3 is 0 Å². The van der Waals surface area contributed by atoms with Crippen LogP contribution in [-0.2, 0) is 4.79 Å². The lowest BCUT2D eigenvalue weighted by Crippen LogP contribution is -2.24. The summed E-state index contributed by atoms with van der Waals surface area (Å²) in [6, 6.07) is 5.55. The molecule has 2 heterocycles. The van der Waals surface area contributed by atoms with Gasteiger partial charge >= 0.3 is 0 Å². The molecular formula is C10H10N4OS. The molecule has 1 saturated heterocycles. The van der Waals surface area contributed by atoms with E-state index in [1.807, 2.05) is 18.2 Å². The van der Waals surface area contributed by atoms with Crippen LogP contribution in [0.25, 0.3) is 0 Å². The zero-order valence-electron chi connectivity index (χ0n) is 8.70. The first-order valence-corrected chi connectivity index (χ1v) is 5.67. The van der Waals surface area contributed by atoms with Crippen molar-refractivity contribution in [2.45, 2.75) is 0 Å². The van der Waals surface area contributed by atoms with Gasteiger partial charge in [-0.15, -0.1) is 5.10 Å². The number of hydrogen-bond acceptors (Lipinski definition) is 5. The maximum atomic E-state index is 11.2. The summed E-state index contributed by atoms with van der Waals surface area (Å²) in [6.45, 7) is 0. The normalized spacial score (nSPS) is 18.9. The van der Waals surface area contributed by atoms with Gasteiger partial charge in [-0.05, 0) is 12.1 Å². The SMILES string of the molecule is CN1C(=O)CS/C1=N/N=C/c1ccccn1. The highest BCUT2D eigenvalue weighted by molar-refractivity contribution is 8.15. The highest BCUT2D eigenvalue weighted by atomic mass is 32.2. The van der Waals surface area contributed by atoms with Crippen LogP contribution >= 0.6 is 11.8 Å². The molecule has 1 aliphatic heterocycles. The molecule has 0 bridgehead atoms. The number of hydrogen-bond donors (Lipinski definition) is 0. The number of pyridine rings is 1. The van der Waals surface area contributed by atoms with Crippen molar-refractivity contribution in [2.75, 3.05) is 12.8 Å². The minimum atomic E-state index is 0.0526. The maximum Gasteiger partial charge on any atom is 0.238 e. The van der Waals surface area contributed by atoms with Crippen molar-refractivity contribution in [3.05, 3.63) is 30.1 Å². The predicted molar refractivity (Wildman–Crippen MR) is 64.5 cm³/mol. The molecule has 1 aromatic rings. The van der Waals surface area contributed by atoms with Gasteiger partial charge in [0.2, 0.25) is 5.91 Å². The second-order valence-corrected chi connectivity index (χ2v) is 4.07. The van der Waals surface area contributed by atoms with Crippen LogP contribution in [0.3, 0.4) is 0 Å². The van der Waals surface area contributed by atoms with Gasteiger partial charge in [-0.1, -0.05) is 17.8 Å². The summed E-state index contributed by atoms with van der Waals surface area (Å²) < 4.78 is 0. The minimum Gasteiger partial charge on any atom is -0.292 e. The van der Waals surface area contributed by atoms with Crippen LogP contribution in [0.1, 0.15) is 5.69 Å². The molecular weight excluding hydrogens is 224 g/mol. The lowest BCUT2D eigenvalue weighted by Gasteiger charge is -2.04. The number of thioether (sulfide) groups is 1. The van der Waals surface area contributed by atoms with E-state index in [9.17, 15) is 4.79 Å². The van der Waals surface area contributed by atoms with Crippen molar-refractivity contribution in [3.63, 3.8) is 0 Å². The van der Waals surface area contributed by atoms with E-state index in [1.54, 1.807) is 19.5 Å². The van der Waals surface area contributed by atoms with Gasteiger partial charge in [0.15, 0.2) is 5.17 Å². The van der Waals surface area contributed by atoms with E-state index in [1.165, 1.54) is 16.7 Å². The number of amidine groups is 1. The third kappa shape index (κ3) is 2.46. The van der Waals surface area contributed by atoms with Crippen LogP contribution in [0, 0.1) is 0 Å². The Bertz CT molecular complexity index is 443. The quantitative estimate of drug-likeness (QED) is 0.566. The summed E-state index contributed by atoms with van der Waals surface area (Å²) in [6.07, 6.45) is 3.25. The summed E-state index contributed by atoms with van der Waals surface area (Å²) in [4.78, 5) is 16.7. The second kappa shape index (κ2) is 4.89. The fourth-order valence-corrected chi connectivity index (χ4v) is 1.96. The molecule has 0 radical (unpaired) electrons. The fourth-order valence-electron chi connectivity index (χ4n) is 1.11. The predicted octanol–water partition coefficient (Wildman–Crippen LogP) is 0.977. The van der Waals surface area contributed by atoms with Crippen LogP contribution < -0.4 is 0 Å². The first-order valence-electron chi connectivity index (χ1n) is 4.69. The highest BCUT2D eigenvalue weighted by Crippen LogP contribution is 2.16. The number of carbonyl (C=O) groups excluding carboxylic acids is 1. The van der Waals surface area contributed by atoms with Crippen molar-refractivity contribution in [2.24, 2.45) is 10.2 Å². The molecule has 0 aromatic carbocycles. The molecule has 0 saturated carbocycles. The van der Waals surface area contributed by atoms with E-state index in [4.69, 9.17) is 0 Å². The molecule has 6 heteroatoms. The molecule has 82 valence electrons. The van der Waals surface area contributed by atoms with Gasteiger partial charge in [0.25, 0.3) is 0 Å². The Morgan fingerprint density at radius 3 is 3.06 bits per heavy atom. The Morgan fingerprint density at radius 2 is 2.44 bits per heavy atom. The highest BCUT2D eigenvalue weighted by Gasteiger charge is 2.24. The van der Waals surface area contributed by atoms with Crippen LogP contribution in [-0.4, -0.2) is 40.0 Å². The summed E-state index contributed by atoms with van der Waals surface area (Å²) in [5.74, 6) is 0.492. The van der Waals surface area contributed by atoms with E-state index in [0.717, 1.165) is 5.69 Å². The topological polar surface area (TPSA) is 57.9 Å². The van der Waals surface area contributed by atoms with E-state index in [0.29, 0.717) is 10.9 Å². The van der Waals surface area contributed by atoms with E-state index in [2.05, 4.69) is 15.2 Å². The second-order valence-electron chi connectivity index (χ2n) is 3.12. The lowest BCUT2D eigenvalue weighted by molar-refractivity contribution is -0.123. The average Bonchev–Trinajstić information content (AvgIpc) is 2.62. The van der Waals surface area contributed by atoms with Crippen molar-refractivity contribution in [1.29, 1.82) is 0 Å². The summed E-state index contributed by atoms with van der Waals surface area (Å²) in [7, 11) is 1.69. The van der Waals surface area contributed by atoms with Gasteiger partial charge in [-0.25, -0.2) is 0 Å². The van der Waals surface area contributed by atoms with Crippen LogP contribution in [0.5, 0.6) is 0 Å². The van der Waals surface area contributed by atoms with Gasteiger partial charge in [-0.3, -0.25) is 14.7 Å². The molecule has 1 aromatic heterocycles. The average molecular weight is 234 g/mol. The maximum absolute atomic E-state index is 11.2. The number of aromatic nitrogens is 1. The van der Waals surface area contributed by atoms with Crippen molar-refractivity contribution in [1.82, 2.24) is 9.88 Å². The Kier molecular flexibility index (Phi) is 3.31. The third-order valence-corrected chi connectivity index (χ3v) is 3.01. The molecule has 1 amide bonds. The summed E-state index contributed by atoms with van der Waals surface area (Å²) in [5, 5.41) is 8.48. The first kappa shape index (κ1) is 10.8. The van der Waals surface area contributed by atoms with E-state index in [-0.39, 0.29) is 5.91 Å². The minimum absolute atomic E-state index is 0.0526. The van der Waals surface area contributed by atoms with Gasteiger partial charge in [0.05, 0.1) is 17.7 Å². The fraction of sp³-hybridized carbons (Fsp3) is 0.200. The van der Waals surface area contributed by atoms with Gasteiger partial charge in [-0.2, -0.15) is 5.10 Å². The summed E-state index contributed by atoms with van der Waals surface area (Å²) in [5.41, 5.74) is 0.740. The number of nitrogens with zero attached hydrogens (tertiary/aromatic N) is 4. The molecule has 1 fully saturated rings. The number of carbonyl (C=O) groups is 1. The van der Waals surface area contributed by atoms with Crippen LogP contribution in [0.2, 0.25) is 0 Å². The monoisotopic (exact) mass is 234 g/mol. The molecule has 0 atom stereocenters. The molecule has 16 heavy (non-hydrogen) atoms. The van der Waals surface area contributed by atoms with Crippen molar-refractivity contribution in [3.8, 4) is 0 Å².